The van der Waals surface area contributed by atoms with Gasteiger partial charge in [-0.15, -0.1) is 0 Å². The lowest BCUT2D eigenvalue weighted by Gasteiger charge is -2.17. The second-order valence-electron chi connectivity index (χ2n) is 4.14. The molecule has 1 rings (SSSR count). The number of aliphatic carboxylic acids is 1. The Kier molecular flexibility index (Phi) is 6.47. The molecular formula is C13H17Cl2NO2. The molecule has 0 saturated carbocycles. The highest BCUT2D eigenvalue weighted by Crippen LogP contribution is 2.22. The molecule has 3 nitrogen and oxygen atoms in total. The highest BCUT2D eigenvalue weighted by Gasteiger charge is 2.10. The van der Waals surface area contributed by atoms with E-state index in [0.29, 0.717) is 16.6 Å². The van der Waals surface area contributed by atoms with Crippen LogP contribution in [0.4, 0.5) is 0 Å². The first kappa shape index (κ1) is 15.3. The van der Waals surface area contributed by atoms with Crippen LogP contribution in [0, 0.1) is 0 Å². The normalized spacial score (nSPS) is 12.4. The molecule has 0 amide bonds. The maximum atomic E-state index is 10.4. The van der Waals surface area contributed by atoms with Crippen molar-refractivity contribution in [3.63, 3.8) is 0 Å². The summed E-state index contributed by atoms with van der Waals surface area (Å²) >= 11 is 11.9. The highest BCUT2D eigenvalue weighted by molar-refractivity contribution is 6.35. The average Bonchev–Trinajstić information content (AvgIpc) is 2.30. The standard InChI is InChI=1S/C13H17Cl2NO2/c1-2-11(16-6-5-13(17)18)7-9-3-4-10(14)8-12(9)15/h3-4,8,11,16H,2,5-7H2,1H3,(H,17,18). The van der Waals surface area contributed by atoms with Crippen LogP contribution in [0.25, 0.3) is 0 Å². The third-order valence-corrected chi connectivity index (χ3v) is 3.33. The molecule has 0 aliphatic heterocycles. The molecule has 0 aliphatic rings. The monoisotopic (exact) mass is 289 g/mol. The molecule has 0 saturated heterocycles. The molecule has 1 atom stereocenters. The molecular weight excluding hydrogens is 273 g/mol. The fourth-order valence-corrected chi connectivity index (χ4v) is 2.18. The molecule has 0 heterocycles. The first-order valence-corrected chi connectivity index (χ1v) is 6.67. The van der Waals surface area contributed by atoms with Gasteiger partial charge in [0.1, 0.15) is 0 Å². The summed E-state index contributed by atoms with van der Waals surface area (Å²) in [5.41, 5.74) is 1.02. The summed E-state index contributed by atoms with van der Waals surface area (Å²) in [5, 5.41) is 13.1. The molecule has 2 N–H and O–H groups in total. The van der Waals surface area contributed by atoms with Crippen molar-refractivity contribution >= 4 is 29.2 Å². The van der Waals surface area contributed by atoms with E-state index in [1.165, 1.54) is 0 Å². The van der Waals surface area contributed by atoms with E-state index in [4.69, 9.17) is 28.3 Å². The van der Waals surface area contributed by atoms with Crippen LogP contribution >= 0.6 is 23.2 Å². The summed E-state index contributed by atoms with van der Waals surface area (Å²) < 4.78 is 0. The molecule has 1 aromatic rings. The van der Waals surface area contributed by atoms with E-state index < -0.39 is 5.97 Å². The maximum Gasteiger partial charge on any atom is 0.304 e. The van der Waals surface area contributed by atoms with Crippen LogP contribution in [0.15, 0.2) is 18.2 Å². The molecule has 0 fully saturated rings. The van der Waals surface area contributed by atoms with Crippen molar-refractivity contribution in [2.24, 2.45) is 0 Å². The molecule has 0 bridgehead atoms. The summed E-state index contributed by atoms with van der Waals surface area (Å²) in [6.45, 7) is 2.53. The van der Waals surface area contributed by atoms with Crippen molar-refractivity contribution in [1.82, 2.24) is 5.32 Å². The third-order valence-electron chi connectivity index (χ3n) is 2.75. The molecule has 18 heavy (non-hydrogen) atoms. The number of carboxylic acid groups (broad SMARTS) is 1. The fraction of sp³-hybridized carbons (Fsp3) is 0.462. The molecule has 100 valence electrons. The summed E-state index contributed by atoms with van der Waals surface area (Å²) in [6.07, 6.45) is 1.82. The fourth-order valence-electron chi connectivity index (χ4n) is 1.70. The zero-order valence-electron chi connectivity index (χ0n) is 10.2. The summed E-state index contributed by atoms with van der Waals surface area (Å²) in [4.78, 5) is 10.4. The minimum atomic E-state index is -0.790. The van der Waals surface area contributed by atoms with Gasteiger partial charge in [-0.2, -0.15) is 0 Å². The van der Waals surface area contributed by atoms with Crippen LogP contribution < -0.4 is 5.32 Å². The Morgan fingerprint density at radius 2 is 2.17 bits per heavy atom. The van der Waals surface area contributed by atoms with Gasteiger partial charge >= 0.3 is 5.97 Å². The quantitative estimate of drug-likeness (QED) is 0.809. The molecule has 1 aromatic carbocycles. The first-order valence-electron chi connectivity index (χ1n) is 5.92. The molecule has 0 spiro atoms. The van der Waals surface area contributed by atoms with E-state index in [1.807, 2.05) is 12.1 Å². The van der Waals surface area contributed by atoms with Crippen molar-refractivity contribution in [2.75, 3.05) is 6.54 Å². The predicted molar refractivity (Wildman–Crippen MR) is 74.5 cm³/mol. The molecule has 0 aromatic heterocycles. The van der Waals surface area contributed by atoms with Crippen LogP contribution in [0.2, 0.25) is 10.0 Å². The van der Waals surface area contributed by atoms with E-state index in [2.05, 4.69) is 12.2 Å². The van der Waals surface area contributed by atoms with Gasteiger partial charge < -0.3 is 10.4 Å². The Morgan fingerprint density at radius 1 is 1.44 bits per heavy atom. The Balaban J connectivity index is 2.54. The van der Waals surface area contributed by atoms with Gasteiger partial charge in [-0.25, -0.2) is 0 Å². The largest absolute Gasteiger partial charge is 0.481 e. The van der Waals surface area contributed by atoms with Crippen LogP contribution in [0.3, 0.4) is 0 Å². The van der Waals surface area contributed by atoms with Crippen molar-refractivity contribution in [2.45, 2.75) is 32.2 Å². The second-order valence-corrected chi connectivity index (χ2v) is 4.99. The number of hydrogen-bond donors (Lipinski definition) is 2. The Bertz CT molecular complexity index is 410. The number of nitrogens with one attached hydrogen (secondary N) is 1. The first-order chi connectivity index (χ1) is 8.52. The van der Waals surface area contributed by atoms with Gasteiger partial charge in [0.15, 0.2) is 0 Å². The number of rotatable bonds is 7. The van der Waals surface area contributed by atoms with Gasteiger partial charge in [-0.05, 0) is 30.5 Å². The van der Waals surface area contributed by atoms with Crippen molar-refractivity contribution < 1.29 is 9.90 Å². The van der Waals surface area contributed by atoms with E-state index in [0.717, 1.165) is 18.4 Å². The summed E-state index contributed by atoms with van der Waals surface area (Å²) in [6, 6.07) is 5.67. The van der Waals surface area contributed by atoms with E-state index >= 15 is 0 Å². The number of carbonyl (C=O) groups is 1. The van der Waals surface area contributed by atoms with Crippen molar-refractivity contribution in [3.05, 3.63) is 33.8 Å². The average molecular weight is 290 g/mol. The lowest BCUT2D eigenvalue weighted by molar-refractivity contribution is -0.136. The minimum absolute atomic E-state index is 0.130. The van der Waals surface area contributed by atoms with Crippen molar-refractivity contribution in [3.8, 4) is 0 Å². The number of halogens is 2. The summed E-state index contributed by atoms with van der Waals surface area (Å²) in [5.74, 6) is -0.790. The van der Waals surface area contributed by atoms with Gasteiger partial charge in [0.05, 0.1) is 6.42 Å². The lowest BCUT2D eigenvalue weighted by Crippen LogP contribution is -2.32. The molecule has 1 unspecified atom stereocenters. The van der Waals surface area contributed by atoms with Gasteiger partial charge in [-0.1, -0.05) is 36.2 Å². The van der Waals surface area contributed by atoms with E-state index in [-0.39, 0.29) is 12.5 Å². The number of benzene rings is 1. The Morgan fingerprint density at radius 3 is 2.72 bits per heavy atom. The number of carboxylic acids is 1. The molecule has 0 aliphatic carbocycles. The smallest absolute Gasteiger partial charge is 0.304 e. The number of hydrogen-bond acceptors (Lipinski definition) is 2. The Labute approximate surface area is 117 Å². The Hall–Kier alpha value is -0.770. The van der Waals surface area contributed by atoms with E-state index in [9.17, 15) is 4.79 Å². The zero-order valence-corrected chi connectivity index (χ0v) is 11.8. The minimum Gasteiger partial charge on any atom is -0.481 e. The van der Waals surface area contributed by atoms with Gasteiger partial charge in [0.25, 0.3) is 0 Å². The van der Waals surface area contributed by atoms with Crippen LogP contribution in [-0.4, -0.2) is 23.7 Å². The van der Waals surface area contributed by atoms with Gasteiger partial charge in [0.2, 0.25) is 0 Å². The lowest BCUT2D eigenvalue weighted by atomic mass is 10.0. The van der Waals surface area contributed by atoms with Crippen LogP contribution in [0.1, 0.15) is 25.3 Å². The maximum absolute atomic E-state index is 10.4. The second kappa shape index (κ2) is 7.62. The van der Waals surface area contributed by atoms with Gasteiger partial charge in [-0.3, -0.25) is 4.79 Å². The van der Waals surface area contributed by atoms with Crippen molar-refractivity contribution in [1.29, 1.82) is 0 Å². The van der Waals surface area contributed by atoms with Crippen LogP contribution in [-0.2, 0) is 11.2 Å². The van der Waals surface area contributed by atoms with E-state index in [1.54, 1.807) is 6.07 Å². The van der Waals surface area contributed by atoms with Crippen LogP contribution in [0.5, 0.6) is 0 Å². The molecule has 5 heteroatoms. The highest BCUT2D eigenvalue weighted by atomic mass is 35.5. The third kappa shape index (κ3) is 5.25. The SMILES string of the molecule is CCC(Cc1ccc(Cl)cc1Cl)NCCC(=O)O. The van der Waals surface area contributed by atoms with Gasteiger partial charge in [0, 0.05) is 22.6 Å². The molecule has 0 radical (unpaired) electrons. The zero-order chi connectivity index (χ0) is 13.5. The predicted octanol–water partition coefficient (Wildman–Crippen LogP) is 3.38. The summed E-state index contributed by atoms with van der Waals surface area (Å²) in [7, 11) is 0. The topological polar surface area (TPSA) is 49.3 Å².